The van der Waals surface area contributed by atoms with Crippen LogP contribution < -0.4 is 0 Å². The molecule has 0 amide bonds. The Labute approximate surface area is 94.8 Å². The van der Waals surface area contributed by atoms with Gasteiger partial charge in [0.15, 0.2) is 6.29 Å². The summed E-state index contributed by atoms with van der Waals surface area (Å²) in [6.45, 7) is 0.718. The molecule has 2 rings (SSSR count). The van der Waals surface area contributed by atoms with Crippen LogP contribution >= 0.6 is 0 Å². The number of hydrogen-bond donors (Lipinski definition) is 0. The first kappa shape index (κ1) is 10.4. The van der Waals surface area contributed by atoms with E-state index in [1.54, 1.807) is 0 Å². The zero-order chi connectivity index (χ0) is 11.2. The van der Waals surface area contributed by atoms with Crippen LogP contribution in [0.1, 0.15) is 16.1 Å². The van der Waals surface area contributed by atoms with Gasteiger partial charge in [-0.1, -0.05) is 42.5 Å². The molecule has 0 radical (unpaired) electrons. The summed E-state index contributed by atoms with van der Waals surface area (Å²) in [5.74, 6) is 0. The minimum absolute atomic E-state index is 0.706. The second-order valence-electron chi connectivity index (χ2n) is 3.52. The Morgan fingerprint density at radius 2 is 1.88 bits per heavy atom. The van der Waals surface area contributed by atoms with E-state index < -0.39 is 0 Å². The van der Waals surface area contributed by atoms with E-state index in [0.717, 1.165) is 12.8 Å². The van der Waals surface area contributed by atoms with Crippen LogP contribution in [-0.2, 0) is 6.54 Å². The fourth-order valence-electron chi connectivity index (χ4n) is 1.57. The summed E-state index contributed by atoms with van der Waals surface area (Å²) in [5.41, 5.74) is 1.88. The quantitative estimate of drug-likeness (QED) is 0.712. The fourth-order valence-corrected chi connectivity index (χ4v) is 1.57. The van der Waals surface area contributed by atoms with Crippen LogP contribution in [0.15, 0.2) is 54.7 Å². The first-order valence-electron chi connectivity index (χ1n) is 5.22. The first-order valence-corrected chi connectivity index (χ1v) is 5.22. The number of carbonyl (C=O) groups excluding carboxylic acids is 1. The third kappa shape index (κ3) is 2.48. The van der Waals surface area contributed by atoms with Gasteiger partial charge < -0.3 is 4.57 Å². The van der Waals surface area contributed by atoms with Crippen molar-refractivity contribution in [3.05, 3.63) is 66.0 Å². The lowest BCUT2D eigenvalue weighted by Crippen LogP contribution is -1.97. The molecule has 80 valence electrons. The Hall–Kier alpha value is -2.09. The van der Waals surface area contributed by atoms with Gasteiger partial charge in [0.05, 0.1) is 5.69 Å². The second kappa shape index (κ2) is 5.12. The largest absolute Gasteiger partial charge is 0.342 e. The lowest BCUT2D eigenvalue weighted by atomic mass is 10.2. The molecular formula is C14H13NO. The van der Waals surface area contributed by atoms with Crippen LogP contribution in [0.5, 0.6) is 0 Å². The average molecular weight is 211 g/mol. The van der Waals surface area contributed by atoms with Crippen molar-refractivity contribution in [1.82, 2.24) is 4.57 Å². The zero-order valence-corrected chi connectivity index (χ0v) is 8.91. The van der Waals surface area contributed by atoms with E-state index in [2.05, 4.69) is 6.08 Å². The van der Waals surface area contributed by atoms with E-state index in [4.69, 9.17) is 0 Å². The molecule has 0 fully saturated rings. The molecule has 0 aliphatic heterocycles. The number of aldehydes is 1. The third-order valence-electron chi connectivity index (χ3n) is 2.40. The molecular weight excluding hydrogens is 198 g/mol. The topological polar surface area (TPSA) is 22.0 Å². The van der Waals surface area contributed by atoms with Crippen molar-refractivity contribution in [2.45, 2.75) is 6.54 Å². The highest BCUT2D eigenvalue weighted by atomic mass is 16.1. The number of hydrogen-bond acceptors (Lipinski definition) is 1. The summed E-state index contributed by atoms with van der Waals surface area (Å²) in [6, 6.07) is 13.8. The number of allylic oxidation sites excluding steroid dienone is 1. The average Bonchev–Trinajstić information content (AvgIpc) is 2.78. The van der Waals surface area contributed by atoms with Gasteiger partial charge in [-0.15, -0.1) is 0 Å². The van der Waals surface area contributed by atoms with Crippen molar-refractivity contribution in [2.75, 3.05) is 0 Å². The van der Waals surface area contributed by atoms with Gasteiger partial charge in [-0.25, -0.2) is 0 Å². The van der Waals surface area contributed by atoms with Crippen molar-refractivity contribution in [2.24, 2.45) is 0 Å². The molecule has 0 atom stereocenters. The molecule has 2 heteroatoms. The molecule has 2 aromatic rings. The summed E-state index contributed by atoms with van der Waals surface area (Å²) in [5, 5.41) is 0. The number of carbonyl (C=O) groups is 1. The van der Waals surface area contributed by atoms with E-state index in [1.807, 2.05) is 59.3 Å². The predicted molar refractivity (Wildman–Crippen MR) is 65.3 cm³/mol. The monoisotopic (exact) mass is 211 g/mol. The van der Waals surface area contributed by atoms with Crippen molar-refractivity contribution in [1.29, 1.82) is 0 Å². The maximum absolute atomic E-state index is 10.7. The Morgan fingerprint density at radius 3 is 2.62 bits per heavy atom. The van der Waals surface area contributed by atoms with E-state index in [-0.39, 0.29) is 0 Å². The summed E-state index contributed by atoms with van der Waals surface area (Å²) < 4.78 is 1.91. The van der Waals surface area contributed by atoms with E-state index in [0.29, 0.717) is 5.69 Å². The van der Waals surface area contributed by atoms with Gasteiger partial charge >= 0.3 is 0 Å². The van der Waals surface area contributed by atoms with Gasteiger partial charge in [0.2, 0.25) is 0 Å². The maximum Gasteiger partial charge on any atom is 0.166 e. The number of nitrogens with zero attached hydrogens (tertiary/aromatic N) is 1. The van der Waals surface area contributed by atoms with E-state index >= 15 is 0 Å². The molecule has 0 aliphatic rings. The zero-order valence-electron chi connectivity index (χ0n) is 8.91. The lowest BCUT2D eigenvalue weighted by molar-refractivity contribution is 0.111. The molecule has 2 nitrogen and oxygen atoms in total. The summed E-state index contributed by atoms with van der Waals surface area (Å²) in [7, 11) is 0. The normalized spacial score (nSPS) is 10.8. The van der Waals surface area contributed by atoms with E-state index in [1.165, 1.54) is 5.56 Å². The lowest BCUT2D eigenvalue weighted by Gasteiger charge is -1.99. The van der Waals surface area contributed by atoms with Gasteiger partial charge in [0.25, 0.3) is 0 Å². The Morgan fingerprint density at radius 1 is 1.06 bits per heavy atom. The smallest absolute Gasteiger partial charge is 0.166 e. The molecule has 0 saturated heterocycles. The van der Waals surface area contributed by atoms with E-state index in [9.17, 15) is 4.79 Å². The fraction of sp³-hybridized carbons (Fsp3) is 0.0714. The van der Waals surface area contributed by atoms with Gasteiger partial charge in [0.1, 0.15) is 0 Å². The molecule has 1 heterocycles. The van der Waals surface area contributed by atoms with Gasteiger partial charge in [0, 0.05) is 12.7 Å². The summed E-state index contributed by atoms with van der Waals surface area (Å²) in [4.78, 5) is 10.7. The second-order valence-corrected chi connectivity index (χ2v) is 3.52. The van der Waals surface area contributed by atoms with Crippen molar-refractivity contribution >= 4 is 12.4 Å². The Balaban J connectivity index is 2.02. The summed E-state index contributed by atoms with van der Waals surface area (Å²) >= 11 is 0. The molecule has 16 heavy (non-hydrogen) atoms. The Kier molecular flexibility index (Phi) is 3.34. The van der Waals surface area contributed by atoms with Crippen LogP contribution in [0.4, 0.5) is 0 Å². The number of rotatable bonds is 4. The number of aromatic nitrogens is 1. The highest BCUT2D eigenvalue weighted by Gasteiger charge is 1.95. The SMILES string of the molecule is O=Cc1cccn1C/C=C/c1ccccc1. The Bertz CT molecular complexity index is 482. The minimum atomic E-state index is 0.706. The standard InChI is InChI=1S/C14H13NO/c16-12-14-9-5-11-15(14)10-4-8-13-6-2-1-3-7-13/h1-9,11-12H,10H2/b8-4+. The van der Waals surface area contributed by atoms with Gasteiger partial charge in [-0.05, 0) is 17.7 Å². The van der Waals surface area contributed by atoms with Gasteiger partial charge in [-0.3, -0.25) is 4.79 Å². The molecule has 0 N–H and O–H groups in total. The molecule has 0 bridgehead atoms. The molecule has 1 aromatic heterocycles. The molecule has 0 saturated carbocycles. The third-order valence-corrected chi connectivity index (χ3v) is 2.40. The van der Waals surface area contributed by atoms with Crippen molar-refractivity contribution in [3.8, 4) is 0 Å². The van der Waals surface area contributed by atoms with Gasteiger partial charge in [-0.2, -0.15) is 0 Å². The van der Waals surface area contributed by atoms with Crippen LogP contribution in [0, 0.1) is 0 Å². The molecule has 1 aromatic carbocycles. The molecule has 0 aliphatic carbocycles. The highest BCUT2D eigenvalue weighted by molar-refractivity contribution is 5.72. The predicted octanol–water partition coefficient (Wildman–Crippen LogP) is 3.01. The maximum atomic E-state index is 10.7. The highest BCUT2D eigenvalue weighted by Crippen LogP contribution is 2.03. The number of benzene rings is 1. The van der Waals surface area contributed by atoms with Crippen molar-refractivity contribution in [3.63, 3.8) is 0 Å². The first-order chi connectivity index (χ1) is 7.90. The van der Waals surface area contributed by atoms with Crippen LogP contribution in [0.3, 0.4) is 0 Å². The molecule has 0 spiro atoms. The van der Waals surface area contributed by atoms with Crippen LogP contribution in [0.2, 0.25) is 0 Å². The minimum Gasteiger partial charge on any atom is -0.342 e. The van der Waals surface area contributed by atoms with Crippen LogP contribution in [-0.4, -0.2) is 10.9 Å². The summed E-state index contributed by atoms with van der Waals surface area (Å²) in [6.07, 6.45) is 6.87. The van der Waals surface area contributed by atoms with Crippen LogP contribution in [0.25, 0.3) is 6.08 Å². The molecule has 0 unspecified atom stereocenters. The van der Waals surface area contributed by atoms with Crippen molar-refractivity contribution < 1.29 is 4.79 Å².